The second-order valence-corrected chi connectivity index (χ2v) is 8.03. The Kier molecular flexibility index (Phi) is 4.66. The average Bonchev–Trinajstić information content (AvgIpc) is 3.02. The Balaban J connectivity index is 2.23. The molecule has 0 N–H and O–H groups in total. The number of rotatable bonds is 3. The number of halogens is 3. The third kappa shape index (κ3) is 2.78. The van der Waals surface area contributed by atoms with Gasteiger partial charge in [-0.2, -0.15) is 11.8 Å². The van der Waals surface area contributed by atoms with E-state index in [1.807, 2.05) is 30.8 Å². The van der Waals surface area contributed by atoms with Gasteiger partial charge >= 0.3 is 0 Å². The predicted molar refractivity (Wildman–Crippen MR) is 94.2 cm³/mol. The van der Waals surface area contributed by atoms with Crippen molar-refractivity contribution in [3.8, 4) is 0 Å². The Hall–Kier alpha value is -0.0900. The Morgan fingerprint density at radius 1 is 1.29 bits per heavy atom. The van der Waals surface area contributed by atoms with Crippen LogP contribution in [-0.4, -0.2) is 21.1 Å². The lowest BCUT2D eigenvalue weighted by Crippen LogP contribution is -2.18. The third-order valence-electron chi connectivity index (χ3n) is 4.17. The molecular formula is C15H17Cl3N2S. The van der Waals surface area contributed by atoms with Crippen LogP contribution < -0.4 is 0 Å². The molecule has 6 heteroatoms. The molecule has 1 aromatic heterocycles. The lowest BCUT2D eigenvalue weighted by molar-refractivity contribution is 0.520. The Morgan fingerprint density at radius 2 is 2.00 bits per heavy atom. The maximum absolute atomic E-state index is 6.37. The van der Waals surface area contributed by atoms with Crippen LogP contribution >= 0.6 is 46.6 Å². The van der Waals surface area contributed by atoms with Gasteiger partial charge in [-0.3, -0.25) is 0 Å². The Morgan fingerprint density at radius 3 is 2.67 bits per heavy atom. The van der Waals surface area contributed by atoms with Gasteiger partial charge in [0.25, 0.3) is 0 Å². The number of fused-ring (bicyclic) bond motifs is 1. The smallest absolute Gasteiger partial charge is 0.128 e. The van der Waals surface area contributed by atoms with Gasteiger partial charge in [-0.05, 0) is 38.2 Å². The largest absolute Gasteiger partial charge is 0.322 e. The molecule has 2 aromatic rings. The molecule has 21 heavy (non-hydrogen) atoms. The second kappa shape index (κ2) is 6.19. The van der Waals surface area contributed by atoms with Gasteiger partial charge in [0, 0.05) is 11.3 Å². The van der Waals surface area contributed by atoms with Gasteiger partial charge in [0.05, 0.1) is 26.5 Å². The minimum absolute atomic E-state index is 0.141. The molecule has 1 aliphatic rings. The number of imidazole rings is 1. The minimum atomic E-state index is -0.141. The van der Waals surface area contributed by atoms with Crippen LogP contribution in [0.3, 0.4) is 0 Å². The van der Waals surface area contributed by atoms with Gasteiger partial charge in [0.2, 0.25) is 0 Å². The van der Waals surface area contributed by atoms with Crippen LogP contribution in [0.25, 0.3) is 11.0 Å². The van der Waals surface area contributed by atoms with Crippen LogP contribution in [0.2, 0.25) is 10.0 Å². The zero-order valence-electron chi connectivity index (χ0n) is 11.9. The van der Waals surface area contributed by atoms with E-state index in [1.165, 1.54) is 12.8 Å². The molecule has 0 bridgehead atoms. The summed E-state index contributed by atoms with van der Waals surface area (Å²) in [6.07, 6.45) is 5.82. The van der Waals surface area contributed by atoms with Crippen LogP contribution in [0.15, 0.2) is 12.1 Å². The van der Waals surface area contributed by atoms with E-state index < -0.39 is 0 Å². The quantitative estimate of drug-likeness (QED) is 0.613. The molecule has 0 radical (unpaired) electrons. The molecule has 1 fully saturated rings. The summed E-state index contributed by atoms with van der Waals surface area (Å²) in [5.41, 5.74) is 1.91. The fourth-order valence-corrected chi connectivity index (χ4v) is 4.66. The monoisotopic (exact) mass is 362 g/mol. The summed E-state index contributed by atoms with van der Waals surface area (Å²) in [4.78, 5) is 4.71. The van der Waals surface area contributed by atoms with E-state index >= 15 is 0 Å². The van der Waals surface area contributed by atoms with E-state index in [9.17, 15) is 0 Å². The summed E-state index contributed by atoms with van der Waals surface area (Å²) in [5, 5.41) is 1.57. The molecule has 3 unspecified atom stereocenters. The van der Waals surface area contributed by atoms with Crippen molar-refractivity contribution in [1.29, 1.82) is 0 Å². The van der Waals surface area contributed by atoms with E-state index in [2.05, 4.69) is 10.8 Å². The molecule has 2 nitrogen and oxygen atoms in total. The number of thioether (sulfide) groups is 1. The lowest BCUT2D eigenvalue weighted by Gasteiger charge is -2.23. The summed E-state index contributed by atoms with van der Waals surface area (Å²) in [5.74, 6) is 0.913. The standard InChI is InChI=1S/C15H17Cl3N2S/c1-8(16)15-19-11-6-9(17)10(18)7-13(11)20(15)12-4-3-5-14(12)21-2/h6-8,12,14H,3-5H2,1-2H3. The minimum Gasteiger partial charge on any atom is -0.322 e. The Bertz CT molecular complexity index is 668. The van der Waals surface area contributed by atoms with Crippen LogP contribution in [0.1, 0.15) is 43.4 Å². The van der Waals surface area contributed by atoms with Crippen LogP contribution in [-0.2, 0) is 0 Å². The van der Waals surface area contributed by atoms with Gasteiger partial charge in [0.1, 0.15) is 5.82 Å². The molecule has 0 amide bonds. The highest BCUT2D eigenvalue weighted by Gasteiger charge is 2.32. The van der Waals surface area contributed by atoms with Gasteiger partial charge in [-0.1, -0.05) is 29.6 Å². The van der Waals surface area contributed by atoms with E-state index in [4.69, 9.17) is 39.8 Å². The zero-order valence-corrected chi connectivity index (χ0v) is 15.0. The summed E-state index contributed by atoms with van der Waals surface area (Å²) in [7, 11) is 0. The molecule has 1 heterocycles. The molecular weight excluding hydrogens is 347 g/mol. The van der Waals surface area contributed by atoms with Gasteiger partial charge in [-0.25, -0.2) is 4.98 Å². The first-order valence-corrected chi connectivity index (χ1v) is 9.54. The van der Waals surface area contributed by atoms with Gasteiger partial charge in [0.15, 0.2) is 0 Å². The van der Waals surface area contributed by atoms with Crippen molar-refractivity contribution in [3.05, 3.63) is 28.0 Å². The highest BCUT2D eigenvalue weighted by atomic mass is 35.5. The van der Waals surface area contributed by atoms with Crippen molar-refractivity contribution >= 4 is 57.6 Å². The fourth-order valence-electron chi connectivity index (χ4n) is 3.21. The SMILES string of the molecule is CSC1CCCC1n1c(C(C)Cl)nc2cc(Cl)c(Cl)cc21. The highest BCUT2D eigenvalue weighted by molar-refractivity contribution is 7.99. The van der Waals surface area contributed by atoms with E-state index in [0.717, 1.165) is 23.3 Å². The molecule has 0 aliphatic heterocycles. The van der Waals surface area contributed by atoms with E-state index in [1.54, 1.807) is 0 Å². The fraction of sp³-hybridized carbons (Fsp3) is 0.533. The molecule has 0 saturated heterocycles. The molecule has 3 atom stereocenters. The van der Waals surface area contributed by atoms with E-state index in [0.29, 0.717) is 21.3 Å². The number of nitrogens with zero attached hydrogens (tertiary/aromatic N) is 2. The first-order valence-electron chi connectivity index (χ1n) is 7.06. The van der Waals surface area contributed by atoms with Gasteiger partial charge < -0.3 is 4.57 Å². The Labute approximate surface area is 144 Å². The van der Waals surface area contributed by atoms with Crippen molar-refractivity contribution in [2.45, 2.75) is 42.9 Å². The number of hydrogen-bond donors (Lipinski definition) is 0. The van der Waals surface area contributed by atoms with Crippen molar-refractivity contribution in [2.75, 3.05) is 6.26 Å². The summed E-state index contributed by atoms with van der Waals surface area (Å²) in [6, 6.07) is 4.19. The third-order valence-corrected chi connectivity index (χ3v) is 6.24. The first kappa shape index (κ1) is 15.8. The predicted octanol–water partition coefficient (Wildman–Crippen LogP) is 6.10. The first-order chi connectivity index (χ1) is 10.0. The average molecular weight is 364 g/mol. The van der Waals surface area contributed by atoms with Crippen LogP contribution in [0.5, 0.6) is 0 Å². The summed E-state index contributed by atoms with van der Waals surface area (Å²) in [6.45, 7) is 1.96. The van der Waals surface area contributed by atoms with Gasteiger partial charge in [-0.15, -0.1) is 11.6 Å². The van der Waals surface area contributed by atoms with Crippen LogP contribution in [0.4, 0.5) is 0 Å². The molecule has 0 spiro atoms. The van der Waals surface area contributed by atoms with Crippen molar-refractivity contribution < 1.29 is 0 Å². The molecule has 1 saturated carbocycles. The van der Waals surface area contributed by atoms with Crippen molar-refractivity contribution in [2.24, 2.45) is 0 Å². The molecule has 1 aromatic carbocycles. The molecule has 3 rings (SSSR count). The maximum atomic E-state index is 6.37. The zero-order chi connectivity index (χ0) is 15.1. The topological polar surface area (TPSA) is 17.8 Å². The molecule has 1 aliphatic carbocycles. The molecule has 114 valence electrons. The normalized spacial score (nSPS) is 23.9. The van der Waals surface area contributed by atoms with Crippen molar-refractivity contribution in [3.63, 3.8) is 0 Å². The maximum Gasteiger partial charge on any atom is 0.128 e. The summed E-state index contributed by atoms with van der Waals surface area (Å²) < 4.78 is 2.30. The lowest BCUT2D eigenvalue weighted by atomic mass is 10.2. The van der Waals surface area contributed by atoms with E-state index in [-0.39, 0.29) is 5.38 Å². The second-order valence-electron chi connectivity index (χ2n) is 5.48. The highest BCUT2D eigenvalue weighted by Crippen LogP contribution is 2.42. The summed E-state index contributed by atoms with van der Waals surface area (Å²) >= 11 is 20.6. The number of hydrogen-bond acceptors (Lipinski definition) is 2. The van der Waals surface area contributed by atoms with Crippen molar-refractivity contribution in [1.82, 2.24) is 9.55 Å². The number of aromatic nitrogens is 2. The number of alkyl halides is 1. The van der Waals surface area contributed by atoms with Crippen LogP contribution in [0, 0.1) is 0 Å². The number of benzene rings is 1.